The molecule has 2 aliphatic rings. The highest BCUT2D eigenvalue weighted by Gasteiger charge is 2.46. The Balaban J connectivity index is 1.36. The van der Waals surface area contributed by atoms with Crippen molar-refractivity contribution < 1.29 is 57.9 Å². The molecule has 0 spiro atoms. The number of amides is 2. The molecule has 0 fully saturated rings. The van der Waals surface area contributed by atoms with Gasteiger partial charge in [0.2, 0.25) is 10.6 Å². The predicted octanol–water partition coefficient (Wildman–Crippen LogP) is 4.72. The number of rotatable bonds is 19. The van der Waals surface area contributed by atoms with Crippen LogP contribution in [0.2, 0.25) is 10.6 Å². The fourth-order valence-corrected chi connectivity index (χ4v) is 9.94. The van der Waals surface area contributed by atoms with Gasteiger partial charge >= 0.3 is 5.82 Å². The SMILES string of the molecule is CON(C)C(=O)c1cc2c([n+](CCCS(=O)(=O)[O-])c1)N=C(/C=C/C=C/C=C1/N(CCCS(=O)(=O)O)c3ccc(S(=O)(=O)O)cc3C1(C)c1ccc(C(=O)NCCc3nc(Cl)nc(Cl)n3)cc1)C2(C)C. The van der Waals surface area contributed by atoms with Crippen molar-refractivity contribution in [3.8, 4) is 0 Å². The Morgan fingerprint density at radius 3 is 2.20 bits per heavy atom. The van der Waals surface area contributed by atoms with E-state index in [2.05, 4.69) is 20.3 Å². The molecule has 1 unspecified atom stereocenters. The third kappa shape index (κ3) is 12.5. The maximum atomic E-state index is 13.2. The van der Waals surface area contributed by atoms with Crippen molar-refractivity contribution in [2.24, 2.45) is 4.99 Å². The highest BCUT2D eigenvalue weighted by atomic mass is 35.5. The van der Waals surface area contributed by atoms with Gasteiger partial charge in [0.1, 0.15) is 12.0 Å². The Morgan fingerprint density at radius 2 is 1.58 bits per heavy atom. The van der Waals surface area contributed by atoms with Crippen LogP contribution in [0.1, 0.15) is 76.8 Å². The van der Waals surface area contributed by atoms with E-state index in [1.165, 1.54) is 38.6 Å². The number of anilines is 1. The van der Waals surface area contributed by atoms with E-state index in [1.54, 1.807) is 70.2 Å². The van der Waals surface area contributed by atoms with Gasteiger partial charge < -0.3 is 14.8 Å². The minimum atomic E-state index is -4.69. The van der Waals surface area contributed by atoms with Crippen LogP contribution in [0.4, 0.5) is 11.5 Å². The Bertz CT molecular complexity index is 3130. The fourth-order valence-electron chi connectivity index (χ4n) is 8.06. The van der Waals surface area contributed by atoms with Crippen molar-refractivity contribution in [2.75, 3.05) is 43.7 Å². The maximum absolute atomic E-state index is 13.2. The van der Waals surface area contributed by atoms with E-state index >= 15 is 0 Å². The minimum absolute atomic E-state index is 0.0258. The minimum Gasteiger partial charge on any atom is -0.748 e. The van der Waals surface area contributed by atoms with Crippen molar-refractivity contribution in [1.82, 2.24) is 25.3 Å². The molecule has 6 rings (SSSR count). The van der Waals surface area contributed by atoms with Crippen molar-refractivity contribution in [3.05, 3.63) is 135 Å². The molecule has 2 aromatic carbocycles. The van der Waals surface area contributed by atoms with Gasteiger partial charge in [0.25, 0.3) is 32.1 Å². The van der Waals surface area contributed by atoms with Gasteiger partial charge in [0.15, 0.2) is 5.71 Å². The number of benzene rings is 2. The number of halogens is 2. The number of hydroxylamine groups is 2. The summed E-state index contributed by atoms with van der Waals surface area (Å²) in [6, 6.07) is 12.3. The van der Waals surface area contributed by atoms with Crippen LogP contribution in [0.25, 0.3) is 0 Å². The quantitative estimate of drug-likeness (QED) is 0.0496. The molecule has 20 nitrogen and oxygen atoms in total. The zero-order valence-electron chi connectivity index (χ0n) is 37.8. The van der Waals surface area contributed by atoms with Crippen molar-refractivity contribution >= 4 is 82.6 Å². The van der Waals surface area contributed by atoms with Gasteiger partial charge in [-0.05, 0) is 121 Å². The molecule has 2 aliphatic heterocycles. The number of aromatic nitrogens is 4. The molecule has 4 heterocycles. The molecule has 368 valence electrons. The van der Waals surface area contributed by atoms with Crippen LogP contribution in [0.5, 0.6) is 0 Å². The van der Waals surface area contributed by atoms with Crippen LogP contribution in [-0.2, 0) is 59.0 Å². The van der Waals surface area contributed by atoms with E-state index in [4.69, 9.17) is 33.0 Å². The highest BCUT2D eigenvalue weighted by Crippen LogP contribution is 2.52. The maximum Gasteiger partial charge on any atom is 0.327 e. The monoisotopic (exact) mass is 1050 g/mol. The van der Waals surface area contributed by atoms with E-state index < -0.39 is 64.5 Å². The summed E-state index contributed by atoms with van der Waals surface area (Å²) in [6.07, 6.45) is 10.3. The second-order valence-corrected chi connectivity index (χ2v) is 21.8. The summed E-state index contributed by atoms with van der Waals surface area (Å²) in [5.41, 5.74) is 1.86. The molecule has 4 aromatic rings. The lowest BCUT2D eigenvalue weighted by Gasteiger charge is -2.31. The first-order chi connectivity index (χ1) is 32.2. The second-order valence-electron chi connectivity index (χ2n) is 16.6. The smallest absolute Gasteiger partial charge is 0.327 e. The normalized spacial score (nSPS) is 17.4. The molecule has 0 saturated heterocycles. The number of aryl methyl sites for hydroxylation is 1. The number of nitrogens with zero attached hydrogens (tertiary/aromatic N) is 7. The first-order valence-corrected chi connectivity index (χ1v) is 26.4. The third-order valence-corrected chi connectivity index (χ3v) is 14.4. The number of nitrogens with one attached hydrogen (secondary N) is 1. The molecule has 0 aliphatic carbocycles. The standard InChI is InChI=1S/C44H48Cl2N8O12S3/c1-43(2)33-25-29(40(56)52(4)66-5)27-53(21-9-23-67(57,58)59)38(33)48-35(43)11-7-6-8-12-36-44(3,32-26-31(69(63,64)65)17-18-34(32)54(36)22-10-24-68(60,61)62)30-15-13-28(14-16-30)39(55)47-20-19-37-49-41(45)51-42(46)50-37/h6-8,11-18,25-27H,9-10,19-24H2,1-5H3,(H3-,47,55,57,58,59,60,61,62,63,64,65). The van der Waals surface area contributed by atoms with Gasteiger partial charge in [-0.25, -0.2) is 28.0 Å². The van der Waals surface area contributed by atoms with Gasteiger partial charge in [-0.15, -0.1) is 0 Å². The van der Waals surface area contributed by atoms with Crippen LogP contribution in [-0.4, -0.2) is 115 Å². The Labute approximate surface area is 409 Å². The lowest BCUT2D eigenvalue weighted by molar-refractivity contribution is -0.684. The molecule has 0 saturated carbocycles. The number of carbonyl (C=O) groups excluding carboxylic acids is 2. The van der Waals surface area contributed by atoms with E-state index in [0.717, 1.165) is 5.06 Å². The largest absolute Gasteiger partial charge is 0.748 e. The molecule has 69 heavy (non-hydrogen) atoms. The molecule has 25 heteroatoms. The number of hydrogen-bond acceptors (Lipinski definition) is 15. The molecule has 2 aromatic heterocycles. The third-order valence-electron chi connectivity index (χ3n) is 11.6. The van der Waals surface area contributed by atoms with Crippen LogP contribution in [0.3, 0.4) is 0 Å². The first-order valence-electron chi connectivity index (χ1n) is 21.0. The van der Waals surface area contributed by atoms with E-state index in [9.17, 15) is 48.5 Å². The second kappa shape index (κ2) is 20.8. The summed E-state index contributed by atoms with van der Waals surface area (Å²) in [4.78, 5) is 49.5. The summed E-state index contributed by atoms with van der Waals surface area (Å²) in [6.45, 7) is 5.88. The molecule has 2 amide bonds. The van der Waals surface area contributed by atoms with Gasteiger partial charge in [-0.1, -0.05) is 30.4 Å². The topological polar surface area (TPSA) is 283 Å². The van der Waals surface area contributed by atoms with E-state index in [1.807, 2.05) is 20.8 Å². The van der Waals surface area contributed by atoms with Crippen molar-refractivity contribution in [1.29, 1.82) is 0 Å². The number of aliphatic imine (C=N–C) groups is 1. The number of pyridine rings is 1. The van der Waals surface area contributed by atoms with E-state index in [-0.39, 0.29) is 71.3 Å². The zero-order chi connectivity index (χ0) is 50.7. The van der Waals surface area contributed by atoms with E-state index in [0.29, 0.717) is 39.6 Å². The Morgan fingerprint density at radius 1 is 0.899 bits per heavy atom. The molecular formula is C44H48Cl2N8O12S3. The molecular weight excluding hydrogens is 1000 g/mol. The Kier molecular flexibility index (Phi) is 16.0. The van der Waals surface area contributed by atoms with Gasteiger partial charge in [-0.3, -0.25) is 23.5 Å². The summed E-state index contributed by atoms with van der Waals surface area (Å²) >= 11 is 11.7. The molecule has 3 N–H and O–H groups in total. The lowest BCUT2D eigenvalue weighted by Crippen LogP contribution is -2.38. The van der Waals surface area contributed by atoms with Crippen molar-refractivity contribution in [3.63, 3.8) is 0 Å². The highest BCUT2D eigenvalue weighted by molar-refractivity contribution is 7.86. The average molecular weight is 1050 g/mol. The van der Waals surface area contributed by atoms with Crippen LogP contribution >= 0.6 is 23.2 Å². The van der Waals surface area contributed by atoms with Gasteiger partial charge in [0.05, 0.1) is 56.4 Å². The predicted molar refractivity (Wildman–Crippen MR) is 255 cm³/mol. The van der Waals surface area contributed by atoms with Crippen LogP contribution in [0, 0.1) is 0 Å². The number of fused-ring (bicyclic) bond motifs is 2. The number of allylic oxidation sites excluding steroid dienone is 6. The fraction of sp³-hybridized carbons (Fsp3) is 0.341. The molecule has 0 radical (unpaired) electrons. The summed E-state index contributed by atoms with van der Waals surface area (Å²) in [7, 11) is -10.8. The number of carbonyl (C=O) groups is 2. The summed E-state index contributed by atoms with van der Waals surface area (Å²) < 4.78 is 104. The first kappa shape index (κ1) is 52.9. The zero-order valence-corrected chi connectivity index (χ0v) is 41.8. The lowest BCUT2D eigenvalue weighted by atomic mass is 9.75. The summed E-state index contributed by atoms with van der Waals surface area (Å²) in [5.74, 6) is -1.33. The average Bonchev–Trinajstić information content (AvgIpc) is 3.66. The van der Waals surface area contributed by atoms with Gasteiger partial charge in [0, 0.05) is 49.3 Å². The number of hydrogen-bond donors (Lipinski definition) is 3. The van der Waals surface area contributed by atoms with Crippen molar-refractivity contribution in [2.45, 2.75) is 62.3 Å². The van der Waals surface area contributed by atoms with Crippen LogP contribution in [0.15, 0.2) is 101 Å². The Hall–Kier alpha value is -5.50. The van der Waals surface area contributed by atoms with Gasteiger partial charge in [-0.2, -0.15) is 21.8 Å². The molecule has 0 bridgehead atoms. The molecule has 1 atom stereocenters. The van der Waals surface area contributed by atoms with Crippen LogP contribution < -0.4 is 14.8 Å². The summed E-state index contributed by atoms with van der Waals surface area (Å²) in [5, 5.41) is 3.66.